The van der Waals surface area contributed by atoms with E-state index in [-0.39, 0.29) is 5.91 Å². The van der Waals surface area contributed by atoms with Crippen LogP contribution in [0.15, 0.2) is 29.6 Å². The fraction of sp³-hybridized carbons (Fsp3) is 0.400. The number of rotatable bonds is 5. The Morgan fingerprint density at radius 2 is 2.11 bits per heavy atom. The molecule has 4 heteroatoms. The molecular formula is C15H18BrNOS. The summed E-state index contributed by atoms with van der Waals surface area (Å²) in [5.74, 6) is 0.647. The number of hydrogen-bond acceptors (Lipinski definition) is 2. The van der Waals surface area contributed by atoms with Gasteiger partial charge in [-0.05, 0) is 18.4 Å². The van der Waals surface area contributed by atoms with Crippen LogP contribution in [0.2, 0.25) is 0 Å². The van der Waals surface area contributed by atoms with Crippen molar-refractivity contribution < 1.29 is 4.79 Å². The van der Waals surface area contributed by atoms with Crippen molar-refractivity contribution in [3.63, 3.8) is 0 Å². The van der Waals surface area contributed by atoms with Crippen molar-refractivity contribution in [3.05, 3.63) is 35.2 Å². The van der Waals surface area contributed by atoms with E-state index in [0.717, 1.165) is 22.1 Å². The van der Waals surface area contributed by atoms with Crippen LogP contribution in [0.3, 0.4) is 0 Å². The molecule has 1 atom stereocenters. The third kappa shape index (κ3) is 3.80. The number of hydrogen-bond donors (Lipinski definition) is 1. The molecule has 0 aliphatic heterocycles. The second-order valence-corrected chi connectivity index (χ2v) is 7.29. The van der Waals surface area contributed by atoms with Crippen LogP contribution in [0.25, 0.3) is 10.1 Å². The molecule has 0 radical (unpaired) electrons. The van der Waals surface area contributed by atoms with Gasteiger partial charge in [0.2, 0.25) is 0 Å². The van der Waals surface area contributed by atoms with E-state index < -0.39 is 0 Å². The van der Waals surface area contributed by atoms with Gasteiger partial charge in [0, 0.05) is 26.8 Å². The van der Waals surface area contributed by atoms with E-state index in [1.165, 1.54) is 0 Å². The fourth-order valence-electron chi connectivity index (χ4n) is 2.05. The second-order valence-electron chi connectivity index (χ2n) is 5.08. The van der Waals surface area contributed by atoms with Crippen LogP contribution in [0.1, 0.15) is 30.6 Å². The summed E-state index contributed by atoms with van der Waals surface area (Å²) in [4.78, 5) is 12.5. The van der Waals surface area contributed by atoms with E-state index >= 15 is 0 Å². The highest BCUT2D eigenvalue weighted by Crippen LogP contribution is 2.25. The summed E-state index contributed by atoms with van der Waals surface area (Å²) in [5, 5.41) is 5.98. The molecule has 0 spiro atoms. The highest BCUT2D eigenvalue weighted by molar-refractivity contribution is 9.09. The molecule has 19 heavy (non-hydrogen) atoms. The van der Waals surface area contributed by atoms with Gasteiger partial charge in [-0.15, -0.1) is 11.3 Å². The predicted octanol–water partition coefficient (Wildman–Crippen LogP) is 4.44. The average molecular weight is 340 g/mol. The monoisotopic (exact) mass is 339 g/mol. The molecule has 1 unspecified atom stereocenters. The maximum atomic E-state index is 12.2. The van der Waals surface area contributed by atoms with Gasteiger partial charge in [0.1, 0.15) is 0 Å². The van der Waals surface area contributed by atoms with E-state index in [1.807, 2.05) is 29.6 Å². The lowest BCUT2D eigenvalue weighted by atomic mass is 10.1. The van der Waals surface area contributed by atoms with Gasteiger partial charge < -0.3 is 5.32 Å². The number of thiophene rings is 1. The second kappa shape index (κ2) is 6.53. The molecule has 1 aromatic carbocycles. The number of amides is 1. The number of halogens is 1. The first-order valence-electron chi connectivity index (χ1n) is 6.46. The van der Waals surface area contributed by atoms with Gasteiger partial charge in [0.15, 0.2) is 0 Å². The number of alkyl halides is 1. The van der Waals surface area contributed by atoms with E-state index in [1.54, 1.807) is 11.3 Å². The Hall–Kier alpha value is -0.870. The van der Waals surface area contributed by atoms with Gasteiger partial charge in [-0.2, -0.15) is 0 Å². The van der Waals surface area contributed by atoms with Crippen LogP contribution in [0.4, 0.5) is 0 Å². The van der Waals surface area contributed by atoms with Crippen LogP contribution in [0.5, 0.6) is 0 Å². The topological polar surface area (TPSA) is 29.1 Å². The molecule has 2 aromatic rings. The Labute approximate surface area is 126 Å². The Balaban J connectivity index is 2.00. The lowest BCUT2D eigenvalue weighted by Crippen LogP contribution is -2.29. The SMILES string of the molecule is CC(C)CC(Br)CNC(=O)c1csc2ccccc12. The number of carbonyl (C=O) groups is 1. The molecule has 0 saturated heterocycles. The molecule has 0 aliphatic rings. The van der Waals surface area contributed by atoms with E-state index in [4.69, 9.17) is 0 Å². The first-order valence-corrected chi connectivity index (χ1v) is 8.26. The molecule has 0 saturated carbocycles. The maximum Gasteiger partial charge on any atom is 0.252 e. The zero-order valence-corrected chi connectivity index (χ0v) is 13.6. The molecular weight excluding hydrogens is 322 g/mol. The summed E-state index contributed by atoms with van der Waals surface area (Å²) in [6.07, 6.45) is 1.06. The van der Waals surface area contributed by atoms with Crippen molar-refractivity contribution in [2.45, 2.75) is 25.1 Å². The standard InChI is InChI=1S/C15H18BrNOS/c1-10(2)7-11(16)8-17-15(18)13-9-19-14-6-4-3-5-12(13)14/h3-6,9-11H,7-8H2,1-2H3,(H,17,18). The van der Waals surface area contributed by atoms with Crippen molar-refractivity contribution in [2.24, 2.45) is 5.92 Å². The molecule has 0 aliphatic carbocycles. The summed E-state index contributed by atoms with van der Waals surface area (Å²) >= 11 is 5.22. The highest BCUT2D eigenvalue weighted by atomic mass is 79.9. The molecule has 0 fully saturated rings. The third-order valence-electron chi connectivity index (χ3n) is 2.94. The third-order valence-corrected chi connectivity index (χ3v) is 4.60. The molecule has 1 aromatic heterocycles. The predicted molar refractivity (Wildman–Crippen MR) is 86.3 cm³/mol. The summed E-state index contributed by atoms with van der Waals surface area (Å²) in [5.41, 5.74) is 0.782. The van der Waals surface area contributed by atoms with Crippen molar-refractivity contribution in [1.29, 1.82) is 0 Å². The van der Waals surface area contributed by atoms with Crippen molar-refractivity contribution in [1.82, 2.24) is 5.32 Å². The minimum atomic E-state index is 0.0191. The van der Waals surface area contributed by atoms with E-state index in [0.29, 0.717) is 17.3 Å². The van der Waals surface area contributed by atoms with Crippen LogP contribution < -0.4 is 5.32 Å². The summed E-state index contributed by atoms with van der Waals surface area (Å²) in [6, 6.07) is 8.01. The zero-order chi connectivity index (χ0) is 13.8. The van der Waals surface area contributed by atoms with E-state index in [2.05, 4.69) is 35.1 Å². The summed E-state index contributed by atoms with van der Waals surface area (Å²) in [6.45, 7) is 5.03. The lowest BCUT2D eigenvalue weighted by Gasteiger charge is -2.13. The molecule has 1 N–H and O–H groups in total. The molecule has 2 nitrogen and oxygen atoms in total. The van der Waals surface area contributed by atoms with Crippen molar-refractivity contribution in [2.75, 3.05) is 6.54 Å². The number of fused-ring (bicyclic) bond motifs is 1. The van der Waals surface area contributed by atoms with Gasteiger partial charge in [-0.1, -0.05) is 48.0 Å². The largest absolute Gasteiger partial charge is 0.351 e. The number of benzene rings is 1. The molecule has 2 rings (SSSR count). The fourth-order valence-corrected chi connectivity index (χ4v) is 3.90. The number of carbonyl (C=O) groups excluding carboxylic acids is 1. The summed E-state index contributed by atoms with van der Waals surface area (Å²) in [7, 11) is 0. The van der Waals surface area contributed by atoms with Gasteiger partial charge in [0.05, 0.1) is 5.56 Å². The average Bonchev–Trinajstić information content (AvgIpc) is 2.79. The van der Waals surface area contributed by atoms with Gasteiger partial charge >= 0.3 is 0 Å². The summed E-state index contributed by atoms with van der Waals surface area (Å²) < 4.78 is 1.16. The van der Waals surface area contributed by atoms with Crippen LogP contribution in [-0.2, 0) is 0 Å². The quantitative estimate of drug-likeness (QED) is 0.801. The molecule has 1 amide bonds. The Bertz CT molecular complexity index is 564. The van der Waals surface area contributed by atoms with Crippen molar-refractivity contribution >= 4 is 43.3 Å². The van der Waals surface area contributed by atoms with Gasteiger partial charge in [0.25, 0.3) is 5.91 Å². The molecule has 1 heterocycles. The van der Waals surface area contributed by atoms with Gasteiger partial charge in [-0.3, -0.25) is 4.79 Å². The zero-order valence-electron chi connectivity index (χ0n) is 11.2. The van der Waals surface area contributed by atoms with E-state index in [9.17, 15) is 4.79 Å². The Morgan fingerprint density at radius 1 is 1.37 bits per heavy atom. The van der Waals surface area contributed by atoms with Crippen molar-refractivity contribution in [3.8, 4) is 0 Å². The minimum absolute atomic E-state index is 0.0191. The smallest absolute Gasteiger partial charge is 0.252 e. The minimum Gasteiger partial charge on any atom is -0.351 e. The first kappa shape index (κ1) is 14.5. The molecule has 0 bridgehead atoms. The highest BCUT2D eigenvalue weighted by Gasteiger charge is 2.13. The van der Waals surface area contributed by atoms with Crippen LogP contribution in [-0.4, -0.2) is 17.3 Å². The Morgan fingerprint density at radius 3 is 2.84 bits per heavy atom. The van der Waals surface area contributed by atoms with Crippen LogP contribution in [0, 0.1) is 5.92 Å². The lowest BCUT2D eigenvalue weighted by molar-refractivity contribution is 0.0955. The van der Waals surface area contributed by atoms with Gasteiger partial charge in [-0.25, -0.2) is 0 Å². The Kier molecular flexibility index (Phi) is 4.99. The number of nitrogens with one attached hydrogen (secondary N) is 1. The van der Waals surface area contributed by atoms with Crippen LogP contribution >= 0.6 is 27.3 Å². The normalized spacial score (nSPS) is 12.8. The molecule has 102 valence electrons. The first-order chi connectivity index (χ1) is 9.08. The maximum absolute atomic E-state index is 12.2.